The van der Waals surface area contributed by atoms with E-state index in [9.17, 15) is 0 Å². The fourth-order valence-electron chi connectivity index (χ4n) is 18.4. The Morgan fingerprint density at radius 3 is 1.19 bits per heavy atom. The highest BCUT2D eigenvalue weighted by Gasteiger charge is 2.28. The predicted molar refractivity (Wildman–Crippen MR) is 488 cm³/mol. The van der Waals surface area contributed by atoms with Gasteiger partial charge in [-0.25, -0.2) is 18.3 Å². The summed E-state index contributed by atoms with van der Waals surface area (Å²) in [5.74, 6) is 0. The number of nitrogens with zero attached hydrogens (tertiary/aromatic N) is 8. The number of rotatable bonds is 8. The van der Waals surface area contributed by atoms with Gasteiger partial charge in [0, 0.05) is 198 Å². The van der Waals surface area contributed by atoms with Gasteiger partial charge in [0.25, 0.3) is 0 Å². The molecule has 0 N–H and O–H groups in total. The molecule has 0 fully saturated rings. The fraction of sp³-hybridized carbons (Fsp3) is 0.111. The van der Waals surface area contributed by atoms with Gasteiger partial charge in [0.2, 0.25) is 22.8 Å². The highest BCUT2D eigenvalue weighted by Crippen LogP contribution is 2.46. The molecular weight excluding hydrogens is 1440 g/mol. The summed E-state index contributed by atoms with van der Waals surface area (Å²) in [5.41, 5.74) is 33.4. The summed E-state index contributed by atoms with van der Waals surface area (Å²) in [7, 11) is 17.0. The Morgan fingerprint density at radius 2 is 0.636 bits per heavy atom. The maximum atomic E-state index is 6.43. The third-order valence-corrected chi connectivity index (χ3v) is 24.7. The maximum absolute atomic E-state index is 6.43. The van der Waals surface area contributed by atoms with Gasteiger partial charge in [0.1, 0.15) is 50.5 Å². The van der Waals surface area contributed by atoms with Gasteiger partial charge >= 0.3 is 0 Å². The molecule has 118 heavy (non-hydrogen) atoms. The van der Waals surface area contributed by atoms with Crippen LogP contribution < -0.4 is 18.3 Å². The standard InChI is InChI=1S/2C28H23N2O.2C26H23N2/c1-18-21(25-16-19-10-4-6-12-23(19)30(25)3)17-22-20-11-5-7-14-26(20)31-28(22)27(18)24-13-8-9-15-29(24)2;1-18-21(24-16-19-10-4-6-12-22(19)30(24)3)17-26-28(20-11-5-7-14-25(20)31-26)27(18)23-13-8-9-15-29(23)2;1-18-20(24-13-6-7-16-27(24)2)11-8-12-21(18)26-17-23-22-10-5-4-9-19(22)14-15-25(23)28(26)3;1-18-22(24-13-6-7-14-27(24)2)11-8-12-23(18)26-17-21-15-19-9-4-5-10-20(19)16-25(21)28(26)3/h2*4-17H,1-3H3;2*4-17H,1-3H3/q4*+1. The molecule has 22 rings (SSSR count). The Hall–Kier alpha value is -14.5. The number of benzene rings is 12. The van der Waals surface area contributed by atoms with Gasteiger partial charge < -0.3 is 27.1 Å². The van der Waals surface area contributed by atoms with Gasteiger partial charge in [-0.1, -0.05) is 152 Å². The molecule has 572 valence electrons. The third kappa shape index (κ3) is 12.7. The van der Waals surface area contributed by atoms with Crippen LogP contribution in [-0.2, 0) is 56.4 Å². The van der Waals surface area contributed by atoms with E-state index in [-0.39, 0.29) is 0 Å². The van der Waals surface area contributed by atoms with Crippen molar-refractivity contribution in [2.45, 2.75) is 27.7 Å². The zero-order chi connectivity index (χ0) is 80.7. The molecule has 10 heteroatoms. The van der Waals surface area contributed by atoms with Gasteiger partial charge in [-0.3, -0.25) is 0 Å². The minimum atomic E-state index is 0.922. The summed E-state index contributed by atoms with van der Waals surface area (Å²) >= 11 is 0. The Morgan fingerprint density at radius 1 is 0.229 bits per heavy atom. The van der Waals surface area contributed by atoms with Crippen molar-refractivity contribution in [2.24, 2.45) is 56.4 Å². The van der Waals surface area contributed by atoms with Crippen LogP contribution >= 0.6 is 0 Å². The van der Waals surface area contributed by atoms with E-state index in [1.165, 1.54) is 172 Å². The molecule has 0 unspecified atom stereocenters. The number of para-hydroxylation sites is 4. The monoisotopic (exact) mass is 1530 g/mol. The maximum Gasteiger partial charge on any atom is 0.216 e. The van der Waals surface area contributed by atoms with Gasteiger partial charge in [0.15, 0.2) is 24.8 Å². The number of pyridine rings is 4. The molecule has 0 radical (unpaired) electrons. The first-order chi connectivity index (χ1) is 57.5. The van der Waals surface area contributed by atoms with E-state index in [1.54, 1.807) is 0 Å². The largest absolute Gasteiger partial charge is 0.456 e. The summed E-state index contributed by atoms with van der Waals surface area (Å²) in [5, 5.41) is 14.9. The van der Waals surface area contributed by atoms with Crippen LogP contribution in [0.4, 0.5) is 0 Å². The van der Waals surface area contributed by atoms with Crippen molar-refractivity contribution in [1.82, 2.24) is 18.3 Å². The number of hydrogen-bond acceptors (Lipinski definition) is 2. The lowest BCUT2D eigenvalue weighted by Gasteiger charge is -2.13. The van der Waals surface area contributed by atoms with Crippen molar-refractivity contribution in [3.8, 4) is 90.1 Å². The van der Waals surface area contributed by atoms with Crippen molar-refractivity contribution >= 4 is 109 Å². The van der Waals surface area contributed by atoms with E-state index in [0.29, 0.717) is 0 Å². The highest BCUT2D eigenvalue weighted by atomic mass is 16.3. The Labute approximate surface area is 686 Å². The number of hydrogen-bond donors (Lipinski definition) is 0. The minimum Gasteiger partial charge on any atom is -0.456 e. The predicted octanol–water partition coefficient (Wildman–Crippen LogP) is 24.7. The molecule has 0 amide bonds. The molecule has 0 saturated carbocycles. The van der Waals surface area contributed by atoms with E-state index >= 15 is 0 Å². The highest BCUT2D eigenvalue weighted by molar-refractivity contribution is 6.16. The van der Waals surface area contributed by atoms with Crippen LogP contribution in [0.3, 0.4) is 0 Å². The summed E-state index contributed by atoms with van der Waals surface area (Å²) in [6.45, 7) is 8.90. The van der Waals surface area contributed by atoms with Crippen LogP contribution in [0.1, 0.15) is 22.3 Å². The Kier molecular flexibility index (Phi) is 18.8. The molecule has 0 aliphatic carbocycles. The van der Waals surface area contributed by atoms with Crippen LogP contribution in [0.2, 0.25) is 0 Å². The van der Waals surface area contributed by atoms with Crippen molar-refractivity contribution < 1.29 is 27.1 Å². The number of aromatic nitrogens is 8. The van der Waals surface area contributed by atoms with Crippen LogP contribution in [0.15, 0.2) is 349 Å². The molecule has 0 aliphatic heterocycles. The van der Waals surface area contributed by atoms with Crippen molar-refractivity contribution in [2.75, 3.05) is 0 Å². The van der Waals surface area contributed by atoms with Crippen molar-refractivity contribution in [1.29, 1.82) is 0 Å². The molecule has 0 atom stereocenters. The molecule has 0 spiro atoms. The summed E-state index contributed by atoms with van der Waals surface area (Å²) < 4.78 is 30.7. The minimum absolute atomic E-state index is 0.922. The average molecular weight is 1530 g/mol. The zero-order valence-corrected chi connectivity index (χ0v) is 68.7. The molecule has 10 aromatic heterocycles. The van der Waals surface area contributed by atoms with Crippen LogP contribution in [0.5, 0.6) is 0 Å². The first kappa shape index (κ1) is 73.7. The van der Waals surface area contributed by atoms with Crippen molar-refractivity contribution in [3.05, 3.63) is 362 Å². The summed E-state index contributed by atoms with van der Waals surface area (Å²) in [6.07, 6.45) is 8.40. The molecule has 0 bridgehead atoms. The van der Waals surface area contributed by atoms with E-state index in [1.807, 2.05) is 12.1 Å². The fourth-order valence-corrected chi connectivity index (χ4v) is 18.4. The van der Waals surface area contributed by atoms with Gasteiger partial charge in [-0.2, -0.15) is 0 Å². The molecular formula is C108H92N8O2+4. The SMILES string of the molecule is Cc1c(-c2cc3c4ccccc4ccc3n2C)cccc1-c1cccc[n+]1C.Cc1c(-c2cc3cc4ccccc4cc3n2C)cccc1-c1cccc[n+]1C.Cc1c(-c2cc3ccccc3n2C)cc2c(oc3ccccc32)c1-c1cccc[n+]1C.Cc1c(-c2cc3ccccc3n2C)cc2oc3ccccc3c2c1-c1cccc[n+]1C. The third-order valence-electron chi connectivity index (χ3n) is 24.7. The lowest BCUT2D eigenvalue weighted by Crippen LogP contribution is -2.30. The van der Waals surface area contributed by atoms with E-state index in [4.69, 9.17) is 8.83 Å². The lowest BCUT2D eigenvalue weighted by molar-refractivity contribution is -0.660. The van der Waals surface area contributed by atoms with Gasteiger partial charge in [-0.05, 0) is 187 Å². The topological polar surface area (TPSA) is 61.5 Å². The van der Waals surface area contributed by atoms with Crippen LogP contribution in [0, 0.1) is 27.7 Å². The molecule has 22 aromatic rings. The Bertz CT molecular complexity index is 7720. The van der Waals surface area contributed by atoms with Gasteiger partial charge in [-0.15, -0.1) is 0 Å². The Balaban J connectivity index is 0.000000105. The van der Waals surface area contributed by atoms with Crippen LogP contribution in [0.25, 0.3) is 199 Å². The second kappa shape index (κ2) is 30.0. The quantitative estimate of drug-likeness (QED) is 0.142. The lowest BCUT2D eigenvalue weighted by atomic mass is 9.92. The van der Waals surface area contributed by atoms with Crippen LogP contribution in [-0.4, -0.2) is 18.3 Å². The van der Waals surface area contributed by atoms with E-state index < -0.39 is 0 Å². The molecule has 0 saturated heterocycles. The number of furan rings is 2. The second-order valence-electron chi connectivity index (χ2n) is 31.5. The number of fused-ring (bicyclic) bond motifs is 13. The van der Waals surface area contributed by atoms with Gasteiger partial charge in [0.05, 0.1) is 11.1 Å². The normalized spacial score (nSPS) is 11.6. The molecule has 12 aromatic carbocycles. The van der Waals surface area contributed by atoms with E-state index in [2.05, 4.69) is 449 Å². The first-order valence-electron chi connectivity index (χ1n) is 40.5. The molecule has 10 nitrogen and oxygen atoms in total. The number of aryl methyl sites for hydroxylation is 8. The second-order valence-corrected chi connectivity index (χ2v) is 31.5. The average Bonchev–Trinajstić information content (AvgIpc) is 1.57. The molecule has 0 aliphatic rings. The summed E-state index contributed by atoms with van der Waals surface area (Å²) in [6, 6.07) is 112. The van der Waals surface area contributed by atoms with E-state index in [0.717, 1.165) is 49.7 Å². The van der Waals surface area contributed by atoms with Crippen molar-refractivity contribution in [3.63, 3.8) is 0 Å². The zero-order valence-electron chi connectivity index (χ0n) is 68.7. The summed E-state index contributed by atoms with van der Waals surface area (Å²) in [4.78, 5) is 0. The smallest absolute Gasteiger partial charge is 0.216 e. The first-order valence-corrected chi connectivity index (χ1v) is 40.5. The molecule has 10 heterocycles.